The zero-order chi connectivity index (χ0) is 47.9. The molecule has 1 unspecified atom stereocenters. The molecule has 0 amide bonds. The third kappa shape index (κ3) is 51.6. The van der Waals surface area contributed by atoms with Gasteiger partial charge in [0.05, 0.1) is 0 Å². The van der Waals surface area contributed by atoms with Crippen LogP contribution in [0.15, 0.2) is 85.1 Å². The van der Waals surface area contributed by atoms with Crippen molar-refractivity contribution in [2.24, 2.45) is 0 Å². The van der Waals surface area contributed by atoms with Crippen LogP contribution in [0.1, 0.15) is 258 Å². The fourth-order valence-electron chi connectivity index (χ4n) is 7.50. The van der Waals surface area contributed by atoms with Gasteiger partial charge >= 0.3 is 17.9 Å². The Morgan fingerprint density at radius 2 is 0.591 bits per heavy atom. The third-order valence-corrected chi connectivity index (χ3v) is 11.6. The summed E-state index contributed by atoms with van der Waals surface area (Å²) in [4.78, 5) is 37.8. The number of allylic oxidation sites excluding steroid dienone is 14. The van der Waals surface area contributed by atoms with Gasteiger partial charge in [0.15, 0.2) is 6.10 Å². The van der Waals surface area contributed by atoms with Crippen molar-refractivity contribution >= 4 is 17.9 Å². The second-order valence-corrected chi connectivity index (χ2v) is 18.1. The Morgan fingerprint density at radius 1 is 0.318 bits per heavy atom. The topological polar surface area (TPSA) is 78.9 Å². The van der Waals surface area contributed by atoms with Gasteiger partial charge in [-0.15, -0.1) is 0 Å². The van der Waals surface area contributed by atoms with Crippen LogP contribution in [-0.2, 0) is 28.6 Å². The molecule has 66 heavy (non-hydrogen) atoms. The highest BCUT2D eigenvalue weighted by Crippen LogP contribution is 2.14. The van der Waals surface area contributed by atoms with E-state index in [4.69, 9.17) is 14.2 Å². The monoisotopic (exact) mass is 919 g/mol. The molecular formula is C60H102O6. The lowest BCUT2D eigenvalue weighted by Gasteiger charge is -2.18. The van der Waals surface area contributed by atoms with Gasteiger partial charge in [-0.3, -0.25) is 14.4 Å². The molecule has 0 saturated carbocycles. The number of hydrogen-bond donors (Lipinski definition) is 0. The number of unbranched alkanes of at least 4 members (excludes halogenated alkanes) is 24. The molecule has 0 N–H and O–H groups in total. The van der Waals surface area contributed by atoms with Crippen LogP contribution in [0.25, 0.3) is 0 Å². The normalized spacial score (nSPS) is 12.7. The number of rotatable bonds is 49. The van der Waals surface area contributed by atoms with Crippen molar-refractivity contribution in [3.8, 4) is 0 Å². The van der Waals surface area contributed by atoms with Crippen LogP contribution in [0, 0.1) is 0 Å². The fraction of sp³-hybridized carbons (Fsp3) is 0.717. The van der Waals surface area contributed by atoms with E-state index in [-0.39, 0.29) is 31.1 Å². The lowest BCUT2D eigenvalue weighted by Crippen LogP contribution is -2.30. The molecular weight excluding hydrogens is 817 g/mol. The Bertz CT molecular complexity index is 1290. The van der Waals surface area contributed by atoms with E-state index in [9.17, 15) is 14.4 Å². The zero-order valence-corrected chi connectivity index (χ0v) is 43.2. The van der Waals surface area contributed by atoms with Crippen LogP contribution in [0.2, 0.25) is 0 Å². The first-order valence-electron chi connectivity index (χ1n) is 27.6. The summed E-state index contributed by atoms with van der Waals surface area (Å²) in [6.07, 6.45) is 70.2. The molecule has 0 bridgehead atoms. The number of hydrogen-bond acceptors (Lipinski definition) is 6. The standard InChI is InChI=1S/C60H102O6/c1-4-7-10-13-16-18-20-22-24-26-28-30-32-34-36-38-40-42-44-47-50-53-59(62)65-56-57(55-64-58(61)52-49-46-15-12-9-6-3)66-60(63)54-51-48-45-43-41-39-37-35-33-31-29-27-25-23-21-19-17-14-11-8-5-2/h7,10,16,18,21-24,27-30,34,36,57H,4-6,8-9,11-15,17,19-20,25-26,31-33,35,37-56H2,1-3H3/b10-7-,18-16-,23-21-,24-22-,29-27-,30-28-,36-34-. The quantitative estimate of drug-likeness (QED) is 0.0262. The van der Waals surface area contributed by atoms with Gasteiger partial charge in [-0.2, -0.15) is 0 Å². The third-order valence-electron chi connectivity index (χ3n) is 11.6. The molecule has 6 nitrogen and oxygen atoms in total. The van der Waals surface area contributed by atoms with Crippen LogP contribution in [0.5, 0.6) is 0 Å². The van der Waals surface area contributed by atoms with Gasteiger partial charge in [-0.05, 0) is 96.3 Å². The summed E-state index contributed by atoms with van der Waals surface area (Å²) in [5.41, 5.74) is 0. The van der Waals surface area contributed by atoms with Gasteiger partial charge in [-0.1, -0.05) is 228 Å². The maximum atomic E-state index is 12.8. The summed E-state index contributed by atoms with van der Waals surface area (Å²) in [5.74, 6) is -0.916. The molecule has 6 heteroatoms. The summed E-state index contributed by atoms with van der Waals surface area (Å²) in [7, 11) is 0. The maximum absolute atomic E-state index is 12.8. The highest BCUT2D eigenvalue weighted by molar-refractivity contribution is 5.71. The molecule has 0 aliphatic heterocycles. The van der Waals surface area contributed by atoms with Crippen molar-refractivity contribution < 1.29 is 28.6 Å². The number of esters is 3. The average molecular weight is 919 g/mol. The molecule has 0 rings (SSSR count). The number of carbonyl (C=O) groups excluding carboxylic acids is 3. The van der Waals surface area contributed by atoms with E-state index < -0.39 is 6.10 Å². The minimum absolute atomic E-state index is 0.0848. The van der Waals surface area contributed by atoms with Crippen molar-refractivity contribution in [2.45, 2.75) is 264 Å². The molecule has 378 valence electrons. The minimum Gasteiger partial charge on any atom is -0.462 e. The molecule has 0 fully saturated rings. The highest BCUT2D eigenvalue weighted by Gasteiger charge is 2.19. The first-order valence-corrected chi connectivity index (χ1v) is 27.6. The molecule has 0 aliphatic carbocycles. The fourth-order valence-corrected chi connectivity index (χ4v) is 7.50. The van der Waals surface area contributed by atoms with Crippen LogP contribution in [-0.4, -0.2) is 37.2 Å². The smallest absolute Gasteiger partial charge is 0.306 e. The Hall–Kier alpha value is -3.41. The summed E-state index contributed by atoms with van der Waals surface area (Å²) >= 11 is 0. The highest BCUT2D eigenvalue weighted by atomic mass is 16.6. The molecule has 0 aromatic heterocycles. The van der Waals surface area contributed by atoms with Gasteiger partial charge in [0, 0.05) is 19.3 Å². The lowest BCUT2D eigenvalue weighted by atomic mass is 10.1. The molecule has 0 radical (unpaired) electrons. The van der Waals surface area contributed by atoms with Crippen molar-refractivity contribution in [3.05, 3.63) is 85.1 Å². The second kappa shape index (κ2) is 54.2. The van der Waals surface area contributed by atoms with Gasteiger partial charge in [0.1, 0.15) is 13.2 Å². The minimum atomic E-state index is -0.784. The van der Waals surface area contributed by atoms with Gasteiger partial charge < -0.3 is 14.2 Å². The average Bonchev–Trinajstić information content (AvgIpc) is 3.31. The van der Waals surface area contributed by atoms with E-state index >= 15 is 0 Å². The van der Waals surface area contributed by atoms with E-state index in [0.29, 0.717) is 19.3 Å². The van der Waals surface area contributed by atoms with Gasteiger partial charge in [-0.25, -0.2) is 0 Å². The molecule has 0 saturated heterocycles. The Kier molecular flexibility index (Phi) is 51.4. The molecule has 0 aromatic carbocycles. The van der Waals surface area contributed by atoms with Crippen molar-refractivity contribution in [2.75, 3.05) is 13.2 Å². The van der Waals surface area contributed by atoms with Crippen LogP contribution < -0.4 is 0 Å². The Balaban J connectivity index is 4.23. The second-order valence-electron chi connectivity index (χ2n) is 18.1. The molecule has 0 spiro atoms. The summed E-state index contributed by atoms with van der Waals surface area (Å²) in [5, 5.41) is 0. The van der Waals surface area contributed by atoms with Crippen molar-refractivity contribution in [1.82, 2.24) is 0 Å². The largest absolute Gasteiger partial charge is 0.462 e. The molecule has 0 aliphatic rings. The van der Waals surface area contributed by atoms with Gasteiger partial charge in [0.2, 0.25) is 0 Å². The number of carbonyl (C=O) groups is 3. The first kappa shape index (κ1) is 62.6. The molecule has 1 atom stereocenters. The van der Waals surface area contributed by atoms with Crippen LogP contribution in [0.4, 0.5) is 0 Å². The SMILES string of the molecule is CC/C=C\C/C=C\C/C=C\C/C=C\C/C=C\CCCCCCCC(=O)OCC(COC(=O)CCCCCCCC)OC(=O)CCCCCCCCCCC/C=C\C/C=C\CCCCCCC. The van der Waals surface area contributed by atoms with E-state index in [0.717, 1.165) is 116 Å². The van der Waals surface area contributed by atoms with Crippen LogP contribution in [0.3, 0.4) is 0 Å². The predicted molar refractivity (Wildman–Crippen MR) is 284 cm³/mol. The van der Waals surface area contributed by atoms with E-state index in [2.05, 4.69) is 106 Å². The van der Waals surface area contributed by atoms with Crippen molar-refractivity contribution in [1.29, 1.82) is 0 Å². The van der Waals surface area contributed by atoms with E-state index in [1.807, 2.05) is 0 Å². The maximum Gasteiger partial charge on any atom is 0.306 e. The summed E-state index contributed by atoms with van der Waals surface area (Å²) in [6.45, 7) is 6.44. The molecule has 0 aromatic rings. The van der Waals surface area contributed by atoms with E-state index in [1.165, 1.54) is 103 Å². The van der Waals surface area contributed by atoms with Gasteiger partial charge in [0.25, 0.3) is 0 Å². The first-order chi connectivity index (χ1) is 32.5. The predicted octanol–water partition coefficient (Wildman–Crippen LogP) is 18.4. The summed E-state index contributed by atoms with van der Waals surface area (Å²) < 4.78 is 16.7. The summed E-state index contributed by atoms with van der Waals surface area (Å²) in [6, 6.07) is 0. The Labute approximate surface area is 407 Å². The van der Waals surface area contributed by atoms with E-state index in [1.54, 1.807) is 0 Å². The number of ether oxygens (including phenoxy) is 3. The molecule has 0 heterocycles. The van der Waals surface area contributed by atoms with Crippen molar-refractivity contribution in [3.63, 3.8) is 0 Å². The zero-order valence-electron chi connectivity index (χ0n) is 43.2. The Morgan fingerprint density at radius 3 is 0.924 bits per heavy atom. The van der Waals surface area contributed by atoms with Crippen LogP contribution >= 0.6 is 0 Å². The lowest BCUT2D eigenvalue weighted by molar-refractivity contribution is -0.167.